The predicted molar refractivity (Wildman–Crippen MR) is 182 cm³/mol. The van der Waals surface area contributed by atoms with Crippen molar-refractivity contribution in [3.05, 3.63) is 157 Å². The number of hydrogen-bond donors (Lipinski definition) is 0. The van der Waals surface area contributed by atoms with Crippen LogP contribution in [0.5, 0.6) is 0 Å². The Hall–Kier alpha value is -5.74. The molecule has 0 bridgehead atoms. The highest BCUT2D eigenvalue weighted by Crippen LogP contribution is 2.49. The molecule has 0 unspecified atom stereocenters. The Kier molecular flexibility index (Phi) is 6.42. The van der Waals surface area contributed by atoms with Gasteiger partial charge in [0.05, 0.1) is 0 Å². The molecule has 0 atom stereocenters. The highest BCUT2D eigenvalue weighted by molar-refractivity contribution is 5.84. The lowest BCUT2D eigenvalue weighted by molar-refractivity contribution is 0.660. The molecule has 0 spiro atoms. The molecular formula is C41H30N4. The molecule has 0 amide bonds. The summed E-state index contributed by atoms with van der Waals surface area (Å²) in [5.41, 5.74) is 12.8. The summed E-state index contributed by atoms with van der Waals surface area (Å²) in [7, 11) is 0. The van der Waals surface area contributed by atoms with Gasteiger partial charge >= 0.3 is 0 Å². The van der Waals surface area contributed by atoms with Gasteiger partial charge in [0.2, 0.25) is 0 Å². The van der Waals surface area contributed by atoms with E-state index < -0.39 is 0 Å². The van der Waals surface area contributed by atoms with Crippen molar-refractivity contribution in [3.63, 3.8) is 0 Å². The highest BCUT2D eigenvalue weighted by atomic mass is 15.0. The normalized spacial score (nSPS) is 12.8. The fraction of sp³-hybridized carbons (Fsp3) is 0.0732. The monoisotopic (exact) mass is 578 g/mol. The quantitative estimate of drug-likeness (QED) is 0.204. The van der Waals surface area contributed by atoms with Crippen LogP contribution in [-0.2, 0) is 5.41 Å². The predicted octanol–water partition coefficient (Wildman–Crippen LogP) is 9.91. The molecule has 8 rings (SSSR count). The van der Waals surface area contributed by atoms with Crippen molar-refractivity contribution in [3.8, 4) is 67.5 Å². The van der Waals surface area contributed by atoms with Gasteiger partial charge in [-0.1, -0.05) is 135 Å². The van der Waals surface area contributed by atoms with Crippen molar-refractivity contribution in [2.24, 2.45) is 0 Å². The Balaban J connectivity index is 1.16. The van der Waals surface area contributed by atoms with Gasteiger partial charge in [0.25, 0.3) is 0 Å². The molecule has 45 heavy (non-hydrogen) atoms. The van der Waals surface area contributed by atoms with Crippen LogP contribution in [-0.4, -0.2) is 19.9 Å². The minimum absolute atomic E-state index is 0.0345. The molecule has 0 saturated heterocycles. The lowest BCUT2D eigenvalue weighted by Crippen LogP contribution is -2.14. The Bertz CT molecular complexity index is 2150. The van der Waals surface area contributed by atoms with Crippen LogP contribution < -0.4 is 0 Å². The number of hydrogen-bond acceptors (Lipinski definition) is 4. The minimum Gasteiger partial charge on any atom is -0.264 e. The molecule has 0 saturated carbocycles. The number of aromatic nitrogens is 4. The van der Waals surface area contributed by atoms with E-state index in [1.54, 1.807) is 6.20 Å². The lowest BCUT2D eigenvalue weighted by Gasteiger charge is -2.22. The summed E-state index contributed by atoms with van der Waals surface area (Å²) < 4.78 is 0. The highest BCUT2D eigenvalue weighted by Gasteiger charge is 2.35. The molecule has 0 radical (unpaired) electrons. The first-order chi connectivity index (χ1) is 22.0. The van der Waals surface area contributed by atoms with Crippen LogP contribution in [0.15, 0.2) is 146 Å². The zero-order valence-electron chi connectivity index (χ0n) is 25.1. The van der Waals surface area contributed by atoms with Crippen LogP contribution in [0.25, 0.3) is 67.5 Å². The molecule has 214 valence electrons. The van der Waals surface area contributed by atoms with E-state index in [4.69, 9.17) is 15.0 Å². The van der Waals surface area contributed by atoms with Gasteiger partial charge in [0, 0.05) is 34.5 Å². The first-order valence-corrected chi connectivity index (χ1v) is 15.2. The van der Waals surface area contributed by atoms with E-state index in [1.165, 1.54) is 27.8 Å². The van der Waals surface area contributed by atoms with Gasteiger partial charge in [-0.3, -0.25) is 4.98 Å². The summed E-state index contributed by atoms with van der Waals surface area (Å²) in [5.74, 6) is 1.93. The average Bonchev–Trinajstić information content (AvgIpc) is 3.34. The van der Waals surface area contributed by atoms with E-state index in [0.29, 0.717) is 17.5 Å². The third kappa shape index (κ3) is 4.81. The maximum Gasteiger partial charge on any atom is 0.164 e. The smallest absolute Gasteiger partial charge is 0.164 e. The van der Waals surface area contributed by atoms with Gasteiger partial charge in [-0.25, -0.2) is 15.0 Å². The van der Waals surface area contributed by atoms with Crippen molar-refractivity contribution in [2.45, 2.75) is 19.3 Å². The van der Waals surface area contributed by atoms with Gasteiger partial charge in [-0.15, -0.1) is 0 Å². The third-order valence-electron chi connectivity index (χ3n) is 8.87. The number of pyridine rings is 1. The van der Waals surface area contributed by atoms with E-state index in [1.807, 2.05) is 42.6 Å². The first kappa shape index (κ1) is 26.9. The molecule has 1 aliphatic carbocycles. The Morgan fingerprint density at radius 2 is 0.889 bits per heavy atom. The second-order valence-corrected chi connectivity index (χ2v) is 12.0. The fourth-order valence-electron chi connectivity index (χ4n) is 6.39. The van der Waals surface area contributed by atoms with Gasteiger partial charge in [0.1, 0.15) is 0 Å². The molecule has 7 aromatic rings. The van der Waals surface area contributed by atoms with Crippen LogP contribution in [0, 0.1) is 0 Å². The van der Waals surface area contributed by atoms with Crippen LogP contribution in [0.4, 0.5) is 0 Å². The summed E-state index contributed by atoms with van der Waals surface area (Å²) >= 11 is 0. The van der Waals surface area contributed by atoms with E-state index in [2.05, 4.69) is 116 Å². The van der Waals surface area contributed by atoms with E-state index in [9.17, 15) is 0 Å². The van der Waals surface area contributed by atoms with Crippen molar-refractivity contribution in [1.29, 1.82) is 0 Å². The Labute approximate surface area is 263 Å². The molecular weight excluding hydrogens is 548 g/mol. The number of rotatable bonds is 5. The maximum atomic E-state index is 4.96. The van der Waals surface area contributed by atoms with Crippen molar-refractivity contribution >= 4 is 0 Å². The maximum absolute atomic E-state index is 4.96. The van der Waals surface area contributed by atoms with E-state index >= 15 is 0 Å². The van der Waals surface area contributed by atoms with E-state index in [-0.39, 0.29) is 5.41 Å². The molecule has 4 heteroatoms. The molecule has 2 aromatic heterocycles. The van der Waals surface area contributed by atoms with E-state index in [0.717, 1.165) is 33.4 Å². The first-order valence-electron chi connectivity index (χ1n) is 15.2. The van der Waals surface area contributed by atoms with Crippen molar-refractivity contribution in [1.82, 2.24) is 19.9 Å². The van der Waals surface area contributed by atoms with Gasteiger partial charge in [0.15, 0.2) is 17.5 Å². The average molecular weight is 579 g/mol. The summed E-state index contributed by atoms with van der Waals surface area (Å²) in [6.07, 6.45) is 3.66. The SMILES string of the molecule is CC1(C)c2ccccc2-c2ccc(-c3ccc(-c4nc(-c5ccccc5)nc(-c5ccc(-c6cccnc6)cc5)n4)cc3)cc21. The zero-order valence-corrected chi connectivity index (χ0v) is 25.1. The van der Waals surface area contributed by atoms with Crippen molar-refractivity contribution < 1.29 is 0 Å². The summed E-state index contributed by atoms with van der Waals surface area (Å²) in [6.45, 7) is 4.64. The van der Waals surface area contributed by atoms with Gasteiger partial charge in [-0.05, 0) is 56.6 Å². The molecule has 5 aromatic carbocycles. The van der Waals surface area contributed by atoms with Crippen molar-refractivity contribution in [2.75, 3.05) is 0 Å². The van der Waals surface area contributed by atoms with Gasteiger partial charge < -0.3 is 0 Å². The third-order valence-corrected chi connectivity index (χ3v) is 8.87. The second-order valence-electron chi connectivity index (χ2n) is 12.0. The fourth-order valence-corrected chi connectivity index (χ4v) is 6.39. The lowest BCUT2D eigenvalue weighted by atomic mass is 9.81. The molecule has 4 nitrogen and oxygen atoms in total. The second kappa shape index (κ2) is 10.8. The molecule has 0 fully saturated rings. The van der Waals surface area contributed by atoms with Crippen LogP contribution in [0.2, 0.25) is 0 Å². The van der Waals surface area contributed by atoms with Crippen LogP contribution in [0.3, 0.4) is 0 Å². The number of fused-ring (bicyclic) bond motifs is 3. The van der Waals surface area contributed by atoms with Gasteiger partial charge in [-0.2, -0.15) is 0 Å². The molecule has 1 aliphatic rings. The zero-order chi connectivity index (χ0) is 30.4. The summed E-state index contributed by atoms with van der Waals surface area (Å²) in [5, 5.41) is 0. The number of benzene rings is 5. The number of nitrogens with zero attached hydrogens (tertiary/aromatic N) is 4. The van der Waals surface area contributed by atoms with Crippen LogP contribution >= 0.6 is 0 Å². The standard InChI is InChI=1S/C41H30N4/c1-41(2)36-13-7-6-12-34(36)35-23-22-32(25-37(35)41)27-14-18-30(19-15-27)39-43-38(29-9-4-3-5-10-29)44-40(45-39)31-20-16-28(17-21-31)33-11-8-24-42-26-33/h3-26H,1-2H3. The molecule has 2 heterocycles. The minimum atomic E-state index is -0.0345. The van der Waals surface area contributed by atoms with Crippen LogP contribution in [0.1, 0.15) is 25.0 Å². The Morgan fingerprint density at radius 1 is 0.400 bits per heavy atom. The largest absolute Gasteiger partial charge is 0.264 e. The topological polar surface area (TPSA) is 51.6 Å². The summed E-state index contributed by atoms with van der Waals surface area (Å²) in [4.78, 5) is 19.0. The Morgan fingerprint density at radius 3 is 1.51 bits per heavy atom. The molecule has 0 aliphatic heterocycles. The molecule has 0 N–H and O–H groups in total. The summed E-state index contributed by atoms with van der Waals surface area (Å²) in [6, 6.07) is 46.6.